The van der Waals surface area contributed by atoms with Gasteiger partial charge in [-0.15, -0.1) is 0 Å². The fourth-order valence-corrected chi connectivity index (χ4v) is 14.9. The summed E-state index contributed by atoms with van der Waals surface area (Å²) >= 11 is 0. The van der Waals surface area contributed by atoms with Crippen LogP contribution in [0.4, 0.5) is 0 Å². The number of aliphatic hydroxyl groups is 1. The number of carbonyl (C=O) groups excluding carboxylic acids is 4. The van der Waals surface area contributed by atoms with Crippen molar-refractivity contribution >= 4 is 39.5 Å². The zero-order valence-electron chi connectivity index (χ0n) is 69.2. The standard InChI is InChI=1S/C86H168O17P2/c1-8-9-10-11-12-13-14-15-16-22-28-33-40-48-55-62-69-86(91)103-82(74-97-84(89)68-61-54-47-42-35-38-45-52-59-66-79(6)7)76-101-105(94,95)99-72-80(87)71-98-104(92,93)100-75-81(73-96-83(88)67-60-53-46-39-32-27-24-19-21-26-31-37-44-51-58-65-78(4)5)102-85(90)70-63-56-49-41-34-29-23-18-17-20-25-30-36-43-50-57-64-77(2)3/h77-82,87H,8-76H2,1-7H3,(H,92,93)(H,94,95)/t80-,81-,82-/m1/s1. The third kappa shape index (κ3) is 79.9. The van der Waals surface area contributed by atoms with E-state index in [2.05, 4.69) is 48.5 Å². The minimum absolute atomic E-state index is 0.108. The molecule has 2 unspecified atom stereocenters. The van der Waals surface area contributed by atoms with Crippen LogP contribution in [0.25, 0.3) is 0 Å². The molecule has 0 rings (SSSR count). The molecule has 17 nitrogen and oxygen atoms in total. The molecule has 0 radical (unpaired) electrons. The second-order valence-electron chi connectivity index (χ2n) is 32.4. The predicted molar refractivity (Wildman–Crippen MR) is 432 cm³/mol. The van der Waals surface area contributed by atoms with Gasteiger partial charge in [-0.05, 0) is 43.4 Å². The molecule has 0 spiro atoms. The number of ether oxygens (including phenoxy) is 4. The Bertz CT molecular complexity index is 2030. The van der Waals surface area contributed by atoms with Crippen molar-refractivity contribution in [3.8, 4) is 0 Å². The van der Waals surface area contributed by atoms with Gasteiger partial charge < -0.3 is 33.8 Å². The molecule has 19 heteroatoms. The molecule has 0 amide bonds. The zero-order valence-corrected chi connectivity index (χ0v) is 71.0. The number of phosphoric acid groups is 2. The first kappa shape index (κ1) is 103. The van der Waals surface area contributed by atoms with Crippen molar-refractivity contribution in [1.82, 2.24) is 0 Å². The van der Waals surface area contributed by atoms with Crippen LogP contribution in [0.3, 0.4) is 0 Å². The van der Waals surface area contributed by atoms with Crippen LogP contribution in [-0.4, -0.2) is 96.7 Å². The first-order chi connectivity index (χ1) is 50.7. The summed E-state index contributed by atoms with van der Waals surface area (Å²) in [6, 6.07) is 0. The lowest BCUT2D eigenvalue weighted by Crippen LogP contribution is -2.30. The van der Waals surface area contributed by atoms with Gasteiger partial charge in [0.05, 0.1) is 26.4 Å². The summed E-state index contributed by atoms with van der Waals surface area (Å²) in [5.41, 5.74) is 0. The van der Waals surface area contributed by atoms with E-state index in [1.54, 1.807) is 0 Å². The van der Waals surface area contributed by atoms with Gasteiger partial charge >= 0.3 is 39.5 Å². The highest BCUT2D eigenvalue weighted by Gasteiger charge is 2.30. The maximum absolute atomic E-state index is 13.1. The van der Waals surface area contributed by atoms with Crippen LogP contribution in [0.5, 0.6) is 0 Å². The fourth-order valence-electron chi connectivity index (χ4n) is 13.4. The number of unbranched alkanes of at least 4 members (excludes halogenated alkanes) is 52. The number of hydrogen-bond donors (Lipinski definition) is 3. The molecule has 624 valence electrons. The Morgan fingerprint density at radius 1 is 0.257 bits per heavy atom. The van der Waals surface area contributed by atoms with E-state index in [0.717, 1.165) is 108 Å². The van der Waals surface area contributed by atoms with Crippen molar-refractivity contribution in [2.45, 2.75) is 471 Å². The lowest BCUT2D eigenvalue weighted by atomic mass is 10.0. The molecule has 105 heavy (non-hydrogen) atoms. The van der Waals surface area contributed by atoms with Gasteiger partial charge in [0.2, 0.25) is 0 Å². The molecule has 5 atom stereocenters. The van der Waals surface area contributed by atoms with E-state index in [9.17, 15) is 43.2 Å². The maximum Gasteiger partial charge on any atom is 0.472 e. The Balaban J connectivity index is 5.26. The fraction of sp³-hybridized carbons (Fsp3) is 0.953. The van der Waals surface area contributed by atoms with Crippen LogP contribution < -0.4 is 0 Å². The zero-order chi connectivity index (χ0) is 77.2. The lowest BCUT2D eigenvalue weighted by molar-refractivity contribution is -0.161. The number of aliphatic hydroxyl groups excluding tert-OH is 1. The first-order valence-corrected chi connectivity index (χ1v) is 47.3. The van der Waals surface area contributed by atoms with Gasteiger partial charge in [0, 0.05) is 25.7 Å². The van der Waals surface area contributed by atoms with Crippen molar-refractivity contribution in [1.29, 1.82) is 0 Å². The van der Waals surface area contributed by atoms with Crippen molar-refractivity contribution in [2.24, 2.45) is 17.8 Å². The van der Waals surface area contributed by atoms with Crippen molar-refractivity contribution in [3.05, 3.63) is 0 Å². The average molecular weight is 1540 g/mol. The molecule has 3 N–H and O–H groups in total. The van der Waals surface area contributed by atoms with E-state index in [0.29, 0.717) is 25.7 Å². The van der Waals surface area contributed by atoms with Gasteiger partial charge in [0.25, 0.3) is 0 Å². The molecule has 0 aromatic carbocycles. The van der Waals surface area contributed by atoms with Gasteiger partial charge in [0.1, 0.15) is 19.3 Å². The summed E-state index contributed by atoms with van der Waals surface area (Å²) in [5, 5.41) is 10.7. The van der Waals surface area contributed by atoms with Gasteiger partial charge in [-0.2, -0.15) is 0 Å². The largest absolute Gasteiger partial charge is 0.472 e. The van der Waals surface area contributed by atoms with E-state index in [4.69, 9.17) is 37.0 Å². The highest BCUT2D eigenvalue weighted by atomic mass is 31.2. The summed E-state index contributed by atoms with van der Waals surface area (Å²) in [4.78, 5) is 73.3. The molecule has 0 aliphatic heterocycles. The van der Waals surface area contributed by atoms with Crippen molar-refractivity contribution < 1.29 is 80.2 Å². The quantitative estimate of drug-likeness (QED) is 0.0222. The molecule has 0 aliphatic rings. The predicted octanol–water partition coefficient (Wildman–Crippen LogP) is 26.1. The van der Waals surface area contributed by atoms with E-state index in [1.165, 1.54) is 263 Å². The first-order valence-electron chi connectivity index (χ1n) is 44.3. The second-order valence-corrected chi connectivity index (χ2v) is 35.3. The molecule has 0 aromatic rings. The average Bonchev–Trinajstić information content (AvgIpc) is 0.907. The van der Waals surface area contributed by atoms with Gasteiger partial charge in [0.15, 0.2) is 12.2 Å². The van der Waals surface area contributed by atoms with Crippen LogP contribution in [0.15, 0.2) is 0 Å². The van der Waals surface area contributed by atoms with Crippen molar-refractivity contribution in [2.75, 3.05) is 39.6 Å². The Morgan fingerprint density at radius 2 is 0.438 bits per heavy atom. The smallest absolute Gasteiger partial charge is 0.462 e. The highest BCUT2D eigenvalue weighted by Crippen LogP contribution is 2.45. The molecular formula is C86H168O17P2. The van der Waals surface area contributed by atoms with Gasteiger partial charge in [-0.25, -0.2) is 9.13 Å². The Kier molecular flexibility index (Phi) is 74.7. The Labute approximate surface area is 645 Å². The van der Waals surface area contributed by atoms with Gasteiger partial charge in [-0.3, -0.25) is 37.3 Å². The van der Waals surface area contributed by atoms with Crippen LogP contribution >= 0.6 is 15.6 Å². The number of rotatable bonds is 84. The third-order valence-corrected chi connectivity index (χ3v) is 22.0. The van der Waals surface area contributed by atoms with E-state index in [-0.39, 0.29) is 25.7 Å². The summed E-state index contributed by atoms with van der Waals surface area (Å²) < 4.78 is 68.9. The Hall–Kier alpha value is -1.94. The number of hydrogen-bond acceptors (Lipinski definition) is 15. The molecule has 0 saturated carbocycles. The van der Waals surface area contributed by atoms with Crippen LogP contribution in [0.1, 0.15) is 453 Å². The summed E-state index contributed by atoms with van der Waals surface area (Å²) in [7, 11) is -9.93. The molecule has 0 bridgehead atoms. The second kappa shape index (κ2) is 76.1. The molecule has 0 aliphatic carbocycles. The molecule has 0 fully saturated rings. The van der Waals surface area contributed by atoms with Gasteiger partial charge in [-0.1, -0.05) is 402 Å². The summed E-state index contributed by atoms with van der Waals surface area (Å²) in [6.07, 6.45) is 66.6. The van der Waals surface area contributed by atoms with Crippen molar-refractivity contribution in [3.63, 3.8) is 0 Å². The SMILES string of the molecule is CCCCCCCCCCCCCCCCCCC(=O)O[C@H](COC(=O)CCCCCCCCCCCC(C)C)COP(=O)(O)OC[C@H](O)COP(=O)(O)OC[C@@H](COC(=O)CCCCCCCCCCCCCCCCCC(C)C)OC(=O)CCCCCCCCCCCCCCCCCCC(C)C. The molecule has 0 aromatic heterocycles. The minimum Gasteiger partial charge on any atom is -0.462 e. The molecular weight excluding hydrogens is 1370 g/mol. The van der Waals surface area contributed by atoms with E-state index in [1.807, 2.05) is 0 Å². The topological polar surface area (TPSA) is 237 Å². The monoisotopic (exact) mass is 1540 g/mol. The summed E-state index contributed by atoms with van der Waals surface area (Å²) in [5.74, 6) is 0.257. The number of carbonyl (C=O) groups is 4. The minimum atomic E-state index is -4.97. The third-order valence-electron chi connectivity index (χ3n) is 20.1. The van der Waals surface area contributed by atoms with Crippen LogP contribution in [-0.2, 0) is 65.4 Å². The summed E-state index contributed by atoms with van der Waals surface area (Å²) in [6.45, 7) is 12.0. The Morgan fingerprint density at radius 3 is 0.648 bits per heavy atom. The number of esters is 4. The molecule has 0 heterocycles. The number of phosphoric ester groups is 2. The highest BCUT2D eigenvalue weighted by molar-refractivity contribution is 7.47. The lowest BCUT2D eigenvalue weighted by Gasteiger charge is -2.21. The van der Waals surface area contributed by atoms with Crippen LogP contribution in [0.2, 0.25) is 0 Å². The normalized spacial score (nSPS) is 13.9. The van der Waals surface area contributed by atoms with E-state index < -0.39 is 97.5 Å². The van der Waals surface area contributed by atoms with E-state index >= 15 is 0 Å². The molecule has 0 saturated heterocycles. The van der Waals surface area contributed by atoms with Crippen LogP contribution in [0, 0.1) is 17.8 Å². The maximum atomic E-state index is 13.1.